The Labute approximate surface area is 79.7 Å². The number of rotatable bonds is 1. The third kappa shape index (κ3) is 1.49. The molecule has 0 aromatic carbocycles. The highest BCUT2D eigenvalue weighted by Crippen LogP contribution is 2.20. The molecule has 0 radical (unpaired) electrons. The fraction of sp³-hybridized carbons (Fsp3) is 0. The van der Waals surface area contributed by atoms with E-state index in [1.165, 1.54) is 0 Å². The highest BCUT2D eigenvalue weighted by molar-refractivity contribution is 7.08. The molecule has 0 atom stereocenters. The highest BCUT2D eigenvalue weighted by Gasteiger charge is 1.98. The lowest BCUT2D eigenvalue weighted by molar-refractivity contribution is 1.33. The van der Waals surface area contributed by atoms with Crippen molar-refractivity contribution in [1.29, 1.82) is 0 Å². The molecule has 0 aliphatic rings. The van der Waals surface area contributed by atoms with Crippen LogP contribution in [0.2, 0.25) is 5.15 Å². The SMILES string of the molecule is Clc1cccc(-c2ccsc2)n1. The molecular formula is C9H6ClNS. The third-order valence-electron chi connectivity index (χ3n) is 1.53. The van der Waals surface area contributed by atoms with Crippen molar-refractivity contribution in [2.45, 2.75) is 0 Å². The van der Waals surface area contributed by atoms with E-state index in [1.807, 2.05) is 23.6 Å². The predicted molar refractivity (Wildman–Crippen MR) is 52.6 cm³/mol. The van der Waals surface area contributed by atoms with Crippen LogP contribution < -0.4 is 0 Å². The van der Waals surface area contributed by atoms with E-state index in [9.17, 15) is 0 Å². The molecule has 0 bridgehead atoms. The smallest absolute Gasteiger partial charge is 0.129 e. The van der Waals surface area contributed by atoms with E-state index in [-0.39, 0.29) is 0 Å². The van der Waals surface area contributed by atoms with Gasteiger partial charge in [0.1, 0.15) is 5.15 Å². The fourth-order valence-corrected chi connectivity index (χ4v) is 1.79. The van der Waals surface area contributed by atoms with Gasteiger partial charge >= 0.3 is 0 Å². The Hall–Kier alpha value is -0.860. The summed E-state index contributed by atoms with van der Waals surface area (Å²) in [5, 5.41) is 4.62. The summed E-state index contributed by atoms with van der Waals surface area (Å²) in [5.74, 6) is 0. The molecule has 2 aromatic heterocycles. The van der Waals surface area contributed by atoms with Crippen LogP contribution in [0.4, 0.5) is 0 Å². The van der Waals surface area contributed by atoms with Crippen molar-refractivity contribution in [2.24, 2.45) is 0 Å². The summed E-state index contributed by atoms with van der Waals surface area (Å²) >= 11 is 7.41. The van der Waals surface area contributed by atoms with Crippen molar-refractivity contribution in [3.05, 3.63) is 40.2 Å². The normalized spacial score (nSPS) is 10.1. The summed E-state index contributed by atoms with van der Waals surface area (Å²) in [6.45, 7) is 0. The molecule has 12 heavy (non-hydrogen) atoms. The van der Waals surface area contributed by atoms with Gasteiger partial charge in [-0.3, -0.25) is 0 Å². The largest absolute Gasteiger partial charge is 0.236 e. The van der Waals surface area contributed by atoms with Crippen LogP contribution in [0.15, 0.2) is 35.0 Å². The molecule has 0 unspecified atom stereocenters. The average molecular weight is 196 g/mol. The molecule has 0 spiro atoms. The number of thiophene rings is 1. The minimum Gasteiger partial charge on any atom is -0.236 e. The van der Waals surface area contributed by atoms with E-state index in [2.05, 4.69) is 10.4 Å². The Morgan fingerprint density at radius 2 is 2.17 bits per heavy atom. The second-order valence-electron chi connectivity index (χ2n) is 2.36. The maximum absolute atomic E-state index is 5.75. The van der Waals surface area contributed by atoms with Crippen LogP contribution in [0.3, 0.4) is 0 Å². The monoisotopic (exact) mass is 195 g/mol. The van der Waals surface area contributed by atoms with Gasteiger partial charge in [0.25, 0.3) is 0 Å². The zero-order valence-electron chi connectivity index (χ0n) is 6.20. The Balaban J connectivity index is 2.48. The molecule has 1 nitrogen and oxygen atoms in total. The molecule has 0 saturated heterocycles. The first kappa shape index (κ1) is 7.77. The van der Waals surface area contributed by atoms with Gasteiger partial charge in [-0.05, 0) is 23.6 Å². The predicted octanol–water partition coefficient (Wildman–Crippen LogP) is 3.46. The summed E-state index contributed by atoms with van der Waals surface area (Å²) in [6, 6.07) is 7.66. The summed E-state index contributed by atoms with van der Waals surface area (Å²) in [4.78, 5) is 4.19. The van der Waals surface area contributed by atoms with Gasteiger partial charge < -0.3 is 0 Å². The first-order chi connectivity index (χ1) is 5.86. The minimum absolute atomic E-state index is 0.540. The van der Waals surface area contributed by atoms with Gasteiger partial charge in [0.2, 0.25) is 0 Å². The van der Waals surface area contributed by atoms with Crippen molar-refractivity contribution >= 4 is 22.9 Å². The van der Waals surface area contributed by atoms with Gasteiger partial charge in [0.15, 0.2) is 0 Å². The van der Waals surface area contributed by atoms with Crippen molar-refractivity contribution < 1.29 is 0 Å². The average Bonchev–Trinajstić information content (AvgIpc) is 2.56. The van der Waals surface area contributed by atoms with Crippen LogP contribution in [0, 0.1) is 0 Å². The Kier molecular flexibility index (Phi) is 2.11. The van der Waals surface area contributed by atoms with Crippen molar-refractivity contribution in [3.8, 4) is 11.3 Å². The Morgan fingerprint density at radius 3 is 2.83 bits per heavy atom. The first-order valence-electron chi connectivity index (χ1n) is 3.51. The van der Waals surface area contributed by atoms with E-state index in [1.54, 1.807) is 17.4 Å². The zero-order chi connectivity index (χ0) is 8.39. The lowest BCUT2D eigenvalue weighted by Crippen LogP contribution is -1.79. The number of hydrogen-bond donors (Lipinski definition) is 0. The molecule has 0 fully saturated rings. The molecular weight excluding hydrogens is 190 g/mol. The van der Waals surface area contributed by atoms with Gasteiger partial charge in [-0.25, -0.2) is 4.98 Å². The second-order valence-corrected chi connectivity index (χ2v) is 3.52. The van der Waals surface area contributed by atoms with Crippen LogP contribution in [0.1, 0.15) is 0 Å². The van der Waals surface area contributed by atoms with Gasteiger partial charge in [-0.1, -0.05) is 17.7 Å². The summed E-state index contributed by atoms with van der Waals surface area (Å²) < 4.78 is 0. The molecule has 0 amide bonds. The van der Waals surface area contributed by atoms with Crippen LogP contribution in [0.5, 0.6) is 0 Å². The van der Waals surface area contributed by atoms with Crippen LogP contribution in [0.25, 0.3) is 11.3 Å². The van der Waals surface area contributed by atoms with E-state index in [0.29, 0.717) is 5.15 Å². The van der Waals surface area contributed by atoms with Crippen molar-refractivity contribution in [1.82, 2.24) is 4.98 Å². The second kappa shape index (κ2) is 3.25. The van der Waals surface area contributed by atoms with Gasteiger partial charge in [0, 0.05) is 10.9 Å². The molecule has 0 N–H and O–H groups in total. The maximum atomic E-state index is 5.75. The van der Waals surface area contributed by atoms with E-state index >= 15 is 0 Å². The minimum atomic E-state index is 0.540. The number of aromatic nitrogens is 1. The summed E-state index contributed by atoms with van der Waals surface area (Å²) in [6.07, 6.45) is 0. The molecule has 3 heteroatoms. The number of pyridine rings is 1. The number of hydrogen-bond acceptors (Lipinski definition) is 2. The van der Waals surface area contributed by atoms with Gasteiger partial charge in [-0.2, -0.15) is 11.3 Å². The van der Waals surface area contributed by atoms with E-state index in [4.69, 9.17) is 11.6 Å². The van der Waals surface area contributed by atoms with Crippen LogP contribution in [-0.4, -0.2) is 4.98 Å². The van der Waals surface area contributed by atoms with E-state index < -0.39 is 0 Å². The maximum Gasteiger partial charge on any atom is 0.129 e. The van der Waals surface area contributed by atoms with Crippen molar-refractivity contribution in [3.63, 3.8) is 0 Å². The molecule has 2 aromatic rings. The highest BCUT2D eigenvalue weighted by atomic mass is 35.5. The van der Waals surface area contributed by atoms with Crippen molar-refractivity contribution in [2.75, 3.05) is 0 Å². The van der Waals surface area contributed by atoms with Gasteiger partial charge in [0.05, 0.1) is 5.69 Å². The molecule has 2 rings (SSSR count). The molecule has 0 aliphatic carbocycles. The zero-order valence-corrected chi connectivity index (χ0v) is 7.77. The first-order valence-corrected chi connectivity index (χ1v) is 4.83. The molecule has 0 aliphatic heterocycles. The van der Waals surface area contributed by atoms with Crippen LogP contribution >= 0.6 is 22.9 Å². The number of nitrogens with zero attached hydrogens (tertiary/aromatic N) is 1. The standard InChI is InChI=1S/C9H6ClNS/c10-9-3-1-2-8(11-9)7-4-5-12-6-7/h1-6H. The third-order valence-corrected chi connectivity index (χ3v) is 2.43. The summed E-state index contributed by atoms with van der Waals surface area (Å²) in [7, 11) is 0. The molecule has 0 saturated carbocycles. The lowest BCUT2D eigenvalue weighted by atomic mass is 10.2. The van der Waals surface area contributed by atoms with Gasteiger partial charge in [-0.15, -0.1) is 0 Å². The van der Waals surface area contributed by atoms with E-state index in [0.717, 1.165) is 11.3 Å². The Morgan fingerprint density at radius 1 is 1.25 bits per heavy atom. The summed E-state index contributed by atoms with van der Waals surface area (Å²) in [5.41, 5.74) is 2.06. The number of halogens is 1. The molecule has 60 valence electrons. The Bertz CT molecular complexity index is 370. The molecule has 2 heterocycles. The quantitative estimate of drug-likeness (QED) is 0.635. The van der Waals surface area contributed by atoms with Crippen LogP contribution in [-0.2, 0) is 0 Å². The lowest BCUT2D eigenvalue weighted by Gasteiger charge is -1.95. The topological polar surface area (TPSA) is 12.9 Å². The fourth-order valence-electron chi connectivity index (χ4n) is 0.979.